The third kappa shape index (κ3) is 5.15. The van der Waals surface area contributed by atoms with Crippen LogP contribution >= 0.6 is 24.8 Å². The quantitative estimate of drug-likeness (QED) is 0.618. The van der Waals surface area contributed by atoms with Gasteiger partial charge in [0.2, 0.25) is 0 Å². The molecule has 21 heavy (non-hydrogen) atoms. The minimum atomic E-state index is -0.570. The van der Waals surface area contributed by atoms with Crippen LogP contribution in [0.5, 0.6) is 0 Å². The first-order chi connectivity index (χ1) is 9.42. The first kappa shape index (κ1) is 18.3. The molecule has 1 aromatic rings. The van der Waals surface area contributed by atoms with Gasteiger partial charge in [-0.3, -0.25) is 0 Å². The molecule has 0 saturated heterocycles. The van der Waals surface area contributed by atoms with Gasteiger partial charge in [-0.05, 0) is 0 Å². The number of hydrogen-bond donors (Lipinski definition) is 0. The SMILES string of the molecule is C(#Cc1ccccc1)C1=[C]([Zr][C]2=CC=CC2)CC=C1.Cl.Cl. The van der Waals surface area contributed by atoms with Gasteiger partial charge < -0.3 is 0 Å². The van der Waals surface area contributed by atoms with Crippen LogP contribution in [0.15, 0.2) is 72.8 Å². The summed E-state index contributed by atoms with van der Waals surface area (Å²) in [6.45, 7) is 0. The number of rotatable bonds is 2. The van der Waals surface area contributed by atoms with Crippen molar-refractivity contribution in [3.05, 3.63) is 78.4 Å². The van der Waals surface area contributed by atoms with Crippen molar-refractivity contribution in [2.75, 3.05) is 0 Å². The van der Waals surface area contributed by atoms with Crippen LogP contribution in [0.1, 0.15) is 18.4 Å². The molecule has 3 heteroatoms. The van der Waals surface area contributed by atoms with E-state index in [9.17, 15) is 0 Å². The standard InChI is InChI=1S/C13H9.C5H5.2ClH.Zr/c1-2-6-12(7-3-1)10-11-13-8-4-5-9-13;1-2-4-5-3-1;;;/h1-4,6-8H,5H2;1-3H,4H2;2*1H;. The Hall–Kier alpha value is -0.797. The van der Waals surface area contributed by atoms with Crippen LogP contribution in [0.25, 0.3) is 0 Å². The minimum Gasteiger partial charge on any atom is -0.147 e. The molecule has 2 aliphatic rings. The van der Waals surface area contributed by atoms with Crippen LogP contribution in [0, 0.1) is 11.8 Å². The average Bonchev–Trinajstić information content (AvgIpc) is 3.10. The Labute approximate surface area is 150 Å². The summed E-state index contributed by atoms with van der Waals surface area (Å²) in [7, 11) is 0. The first-order valence-corrected chi connectivity index (χ1v) is 8.97. The monoisotopic (exact) mass is 392 g/mol. The van der Waals surface area contributed by atoms with E-state index in [-0.39, 0.29) is 24.8 Å². The fourth-order valence-corrected chi connectivity index (χ4v) is 5.30. The molecule has 2 aliphatic carbocycles. The van der Waals surface area contributed by atoms with E-state index < -0.39 is 23.2 Å². The van der Waals surface area contributed by atoms with Crippen LogP contribution in [0.3, 0.4) is 0 Å². The van der Waals surface area contributed by atoms with E-state index in [0.717, 1.165) is 12.0 Å². The molecule has 0 nitrogen and oxygen atoms in total. The molecule has 0 amide bonds. The number of hydrogen-bond acceptors (Lipinski definition) is 0. The zero-order chi connectivity index (χ0) is 12.9. The van der Waals surface area contributed by atoms with Gasteiger partial charge in [-0.25, -0.2) is 0 Å². The van der Waals surface area contributed by atoms with Gasteiger partial charge in [0.05, 0.1) is 0 Å². The molecule has 0 aromatic heterocycles. The Morgan fingerprint density at radius 2 is 1.71 bits per heavy atom. The zero-order valence-electron chi connectivity index (χ0n) is 11.5. The predicted molar refractivity (Wildman–Crippen MR) is 90.4 cm³/mol. The fourth-order valence-electron chi connectivity index (χ4n) is 2.14. The maximum absolute atomic E-state index is 3.36. The Bertz CT molecular complexity index is 655. The third-order valence-corrected chi connectivity index (χ3v) is 6.74. The van der Waals surface area contributed by atoms with Gasteiger partial charge >= 0.3 is 126 Å². The van der Waals surface area contributed by atoms with Crippen molar-refractivity contribution in [2.24, 2.45) is 0 Å². The average molecular weight is 394 g/mol. The summed E-state index contributed by atoms with van der Waals surface area (Å²) >= 11 is -0.570. The molecule has 0 radical (unpaired) electrons. The summed E-state index contributed by atoms with van der Waals surface area (Å²) in [6, 6.07) is 10.2. The summed E-state index contributed by atoms with van der Waals surface area (Å²) in [6.07, 6.45) is 13.5. The van der Waals surface area contributed by atoms with Crippen molar-refractivity contribution in [2.45, 2.75) is 12.8 Å². The maximum Gasteiger partial charge on any atom is -0.147 e. The van der Waals surface area contributed by atoms with E-state index in [1.165, 1.54) is 12.0 Å². The van der Waals surface area contributed by atoms with Gasteiger partial charge in [-0.2, -0.15) is 0 Å². The molecule has 0 N–H and O–H groups in total. The molecule has 0 aliphatic heterocycles. The summed E-state index contributed by atoms with van der Waals surface area (Å²) in [5.41, 5.74) is 2.38. The fraction of sp³-hybridized carbons (Fsp3) is 0.111. The van der Waals surface area contributed by atoms with Gasteiger partial charge in [-0.15, -0.1) is 24.8 Å². The predicted octanol–water partition coefficient (Wildman–Crippen LogP) is 5.02. The van der Waals surface area contributed by atoms with E-state index in [1.54, 1.807) is 6.56 Å². The molecule has 1 aromatic carbocycles. The van der Waals surface area contributed by atoms with E-state index >= 15 is 0 Å². The van der Waals surface area contributed by atoms with Crippen molar-refractivity contribution < 1.29 is 23.2 Å². The normalized spacial score (nSPS) is 14.8. The summed E-state index contributed by atoms with van der Waals surface area (Å²) in [4.78, 5) is 0. The van der Waals surface area contributed by atoms with Crippen LogP contribution in [-0.4, -0.2) is 0 Å². The second-order valence-electron chi connectivity index (χ2n) is 4.56. The van der Waals surface area contributed by atoms with Crippen molar-refractivity contribution in [3.63, 3.8) is 0 Å². The van der Waals surface area contributed by atoms with E-state index in [0.29, 0.717) is 0 Å². The maximum atomic E-state index is 3.36. The Balaban J connectivity index is 0.00000110. The molecule has 0 saturated carbocycles. The van der Waals surface area contributed by atoms with Crippen molar-refractivity contribution in [1.29, 1.82) is 0 Å². The largest absolute Gasteiger partial charge is 0.147 e. The van der Waals surface area contributed by atoms with Crippen LogP contribution in [0.2, 0.25) is 0 Å². The Kier molecular flexibility index (Phi) is 8.05. The second-order valence-corrected chi connectivity index (χ2v) is 8.24. The molecule has 0 fully saturated rings. The summed E-state index contributed by atoms with van der Waals surface area (Å²) in [5.74, 6) is 6.63. The second kappa shape index (κ2) is 9.27. The molecule has 0 bridgehead atoms. The molecule has 0 heterocycles. The minimum absolute atomic E-state index is 0. The van der Waals surface area contributed by atoms with Crippen LogP contribution in [-0.2, 0) is 23.2 Å². The first-order valence-electron chi connectivity index (χ1n) is 6.51. The van der Waals surface area contributed by atoms with Crippen molar-refractivity contribution in [1.82, 2.24) is 0 Å². The smallest absolute Gasteiger partial charge is 0.147 e. The van der Waals surface area contributed by atoms with Crippen molar-refractivity contribution >= 4 is 24.8 Å². The van der Waals surface area contributed by atoms with Gasteiger partial charge in [0.15, 0.2) is 0 Å². The molecular formula is C18H16Cl2Zr. The van der Waals surface area contributed by atoms with Crippen LogP contribution in [0.4, 0.5) is 0 Å². The van der Waals surface area contributed by atoms with E-state index in [2.05, 4.69) is 54.4 Å². The molecule has 0 spiro atoms. The Morgan fingerprint density at radius 1 is 0.905 bits per heavy atom. The molecule has 0 atom stereocenters. The molecule has 106 valence electrons. The van der Waals surface area contributed by atoms with Gasteiger partial charge in [0.1, 0.15) is 0 Å². The molecule has 0 unspecified atom stereocenters. The van der Waals surface area contributed by atoms with Gasteiger partial charge in [0, 0.05) is 0 Å². The number of halogens is 2. The zero-order valence-corrected chi connectivity index (χ0v) is 15.6. The van der Waals surface area contributed by atoms with Crippen LogP contribution < -0.4 is 0 Å². The van der Waals surface area contributed by atoms with E-state index in [4.69, 9.17) is 0 Å². The third-order valence-electron chi connectivity index (χ3n) is 3.13. The van der Waals surface area contributed by atoms with Gasteiger partial charge in [-0.1, -0.05) is 0 Å². The summed E-state index contributed by atoms with van der Waals surface area (Å²) in [5, 5.41) is 0. The van der Waals surface area contributed by atoms with E-state index in [1.807, 2.05) is 18.2 Å². The summed E-state index contributed by atoms with van der Waals surface area (Å²) < 4.78 is 3.29. The number of allylic oxidation sites excluding steroid dienone is 8. The molecule has 3 rings (SSSR count). The van der Waals surface area contributed by atoms with Gasteiger partial charge in [0.25, 0.3) is 0 Å². The Morgan fingerprint density at radius 3 is 2.43 bits per heavy atom. The molecular weight excluding hydrogens is 378 g/mol. The topological polar surface area (TPSA) is 0 Å². The van der Waals surface area contributed by atoms with Crippen molar-refractivity contribution in [3.8, 4) is 11.8 Å². The number of benzene rings is 1.